The largest absolute Gasteiger partial charge is 0.493 e. The first-order chi connectivity index (χ1) is 12.8. The third-order valence-corrected chi connectivity index (χ3v) is 4.81. The number of aryl methyl sites for hydroxylation is 1. The van der Waals surface area contributed by atoms with Crippen LogP contribution in [0.3, 0.4) is 0 Å². The van der Waals surface area contributed by atoms with E-state index in [9.17, 15) is 14.7 Å². The van der Waals surface area contributed by atoms with Gasteiger partial charge in [0.25, 0.3) is 5.56 Å². The number of ether oxygens (including phenoxy) is 1. The summed E-state index contributed by atoms with van der Waals surface area (Å²) in [5, 5.41) is 13.9. The molecule has 2 heterocycles. The van der Waals surface area contributed by atoms with Gasteiger partial charge in [-0.05, 0) is 6.92 Å². The fourth-order valence-electron chi connectivity index (χ4n) is 3.33. The quantitative estimate of drug-likeness (QED) is 0.845. The van der Waals surface area contributed by atoms with Crippen molar-refractivity contribution in [1.82, 2.24) is 14.3 Å². The van der Waals surface area contributed by atoms with Crippen LogP contribution in [0.25, 0.3) is 11.1 Å². The second kappa shape index (κ2) is 7.26. The van der Waals surface area contributed by atoms with E-state index in [1.807, 2.05) is 32.2 Å². The number of carboxylic acids is 1. The van der Waals surface area contributed by atoms with E-state index in [1.165, 1.54) is 10.6 Å². The number of rotatable bonds is 6. The van der Waals surface area contributed by atoms with E-state index in [0.29, 0.717) is 18.9 Å². The zero-order valence-corrected chi connectivity index (χ0v) is 15.6. The Labute approximate surface area is 157 Å². The minimum Gasteiger partial charge on any atom is -0.493 e. The van der Waals surface area contributed by atoms with Crippen molar-refractivity contribution in [2.45, 2.75) is 20.4 Å². The number of aliphatic carboxylic acids is 1. The monoisotopic (exact) mass is 369 g/mol. The van der Waals surface area contributed by atoms with E-state index in [0.717, 1.165) is 11.1 Å². The molecule has 1 aliphatic rings. The van der Waals surface area contributed by atoms with E-state index < -0.39 is 17.3 Å². The van der Waals surface area contributed by atoms with E-state index in [-0.39, 0.29) is 5.56 Å². The van der Waals surface area contributed by atoms with Gasteiger partial charge in [-0.1, -0.05) is 31.2 Å². The summed E-state index contributed by atoms with van der Waals surface area (Å²) in [6, 6.07) is 1.46. The van der Waals surface area contributed by atoms with Gasteiger partial charge in [-0.2, -0.15) is 5.10 Å². The number of carbonyl (C=O) groups is 1. The molecule has 1 N–H and O–H groups in total. The Kier molecular flexibility index (Phi) is 5.03. The third-order valence-electron chi connectivity index (χ3n) is 4.81. The summed E-state index contributed by atoms with van der Waals surface area (Å²) in [6.07, 6.45) is 12.5. The van der Waals surface area contributed by atoms with Crippen LogP contribution in [0.5, 0.6) is 5.75 Å². The van der Waals surface area contributed by atoms with E-state index >= 15 is 0 Å². The summed E-state index contributed by atoms with van der Waals surface area (Å²) in [7, 11) is 1.68. The number of allylic oxidation sites excluding steroid dienone is 3. The highest BCUT2D eigenvalue weighted by Gasteiger charge is 2.37. The van der Waals surface area contributed by atoms with Gasteiger partial charge in [0.05, 0.1) is 25.3 Å². The first kappa shape index (κ1) is 18.7. The number of nitrogens with zero attached hydrogens (tertiary/aromatic N) is 3. The summed E-state index contributed by atoms with van der Waals surface area (Å²) in [5.74, 6) is -0.968. The SMILES string of the molecule is CCOc1cc(=O)n(C)cc1-c1cnn(CC2(C)C=CC=CC2C(=O)O)c1. The van der Waals surface area contributed by atoms with Crippen LogP contribution >= 0.6 is 0 Å². The molecule has 0 aromatic carbocycles. The standard InChI is InChI=1S/C20H23N3O4/c1-4-27-17-9-18(24)22(3)12-15(17)14-10-21-23(11-14)13-20(2)8-6-5-7-16(20)19(25)26/h5-12,16H,4,13H2,1-3H3,(H,25,26). The topological polar surface area (TPSA) is 86.4 Å². The Bertz CT molecular complexity index is 970. The Morgan fingerprint density at radius 1 is 1.37 bits per heavy atom. The Hall–Kier alpha value is -3.09. The highest BCUT2D eigenvalue weighted by molar-refractivity contribution is 5.74. The van der Waals surface area contributed by atoms with E-state index in [2.05, 4.69) is 5.10 Å². The zero-order chi connectivity index (χ0) is 19.6. The number of carboxylic acid groups (broad SMARTS) is 1. The molecule has 0 bridgehead atoms. The molecule has 0 aliphatic heterocycles. The van der Waals surface area contributed by atoms with Gasteiger partial charge in [-0.15, -0.1) is 0 Å². The smallest absolute Gasteiger partial charge is 0.311 e. The lowest BCUT2D eigenvalue weighted by Crippen LogP contribution is -2.35. The zero-order valence-electron chi connectivity index (χ0n) is 15.6. The summed E-state index contributed by atoms with van der Waals surface area (Å²) in [4.78, 5) is 23.5. The number of pyridine rings is 1. The maximum atomic E-state index is 11.9. The molecule has 2 aromatic heterocycles. The predicted molar refractivity (Wildman–Crippen MR) is 102 cm³/mol. The molecule has 0 saturated carbocycles. The van der Waals surface area contributed by atoms with Gasteiger partial charge in [0.1, 0.15) is 5.75 Å². The molecule has 0 spiro atoms. The van der Waals surface area contributed by atoms with Crippen LogP contribution in [0.1, 0.15) is 13.8 Å². The molecule has 7 nitrogen and oxygen atoms in total. The van der Waals surface area contributed by atoms with Gasteiger partial charge in [0.2, 0.25) is 0 Å². The van der Waals surface area contributed by atoms with Crippen LogP contribution in [0.2, 0.25) is 0 Å². The van der Waals surface area contributed by atoms with Gasteiger partial charge in [-0.3, -0.25) is 14.3 Å². The van der Waals surface area contributed by atoms with Gasteiger partial charge in [0.15, 0.2) is 0 Å². The van der Waals surface area contributed by atoms with Crippen LogP contribution in [0.4, 0.5) is 0 Å². The van der Waals surface area contributed by atoms with Gasteiger partial charge in [0, 0.05) is 42.0 Å². The molecule has 142 valence electrons. The minimum atomic E-state index is -0.859. The lowest BCUT2D eigenvalue weighted by atomic mass is 9.74. The number of hydrogen-bond donors (Lipinski definition) is 1. The average Bonchev–Trinajstić information content (AvgIpc) is 3.05. The summed E-state index contributed by atoms with van der Waals surface area (Å²) in [5.41, 5.74) is 0.838. The van der Waals surface area contributed by atoms with Crippen molar-refractivity contribution < 1.29 is 14.6 Å². The lowest BCUT2D eigenvalue weighted by Gasteiger charge is -2.32. The molecule has 2 aromatic rings. The van der Waals surface area contributed by atoms with E-state index in [4.69, 9.17) is 4.74 Å². The molecule has 0 saturated heterocycles. The average molecular weight is 369 g/mol. The molecule has 2 unspecified atom stereocenters. The Morgan fingerprint density at radius 3 is 2.85 bits per heavy atom. The van der Waals surface area contributed by atoms with Crippen LogP contribution in [0, 0.1) is 11.3 Å². The third kappa shape index (κ3) is 3.72. The molecule has 0 radical (unpaired) electrons. The van der Waals surface area contributed by atoms with Crippen LogP contribution < -0.4 is 10.3 Å². The van der Waals surface area contributed by atoms with Crippen LogP contribution in [-0.2, 0) is 18.4 Å². The fourth-order valence-corrected chi connectivity index (χ4v) is 3.33. The van der Waals surface area contributed by atoms with Crippen LogP contribution in [-0.4, -0.2) is 32.0 Å². The van der Waals surface area contributed by atoms with Crippen molar-refractivity contribution >= 4 is 5.97 Å². The van der Waals surface area contributed by atoms with Gasteiger partial charge < -0.3 is 14.4 Å². The van der Waals surface area contributed by atoms with Crippen molar-refractivity contribution in [3.05, 3.63) is 59.3 Å². The molecule has 2 atom stereocenters. The van der Waals surface area contributed by atoms with Gasteiger partial charge >= 0.3 is 5.97 Å². The molecular formula is C20H23N3O4. The second-order valence-corrected chi connectivity index (χ2v) is 6.93. The predicted octanol–water partition coefficient (Wildman–Crippen LogP) is 2.48. The molecular weight excluding hydrogens is 346 g/mol. The summed E-state index contributed by atoms with van der Waals surface area (Å²) in [6.45, 7) is 4.63. The molecule has 1 aliphatic carbocycles. The summed E-state index contributed by atoms with van der Waals surface area (Å²) >= 11 is 0. The van der Waals surface area contributed by atoms with E-state index in [1.54, 1.807) is 36.3 Å². The molecule has 0 amide bonds. The molecule has 0 fully saturated rings. The first-order valence-corrected chi connectivity index (χ1v) is 8.79. The van der Waals surface area contributed by atoms with Crippen molar-refractivity contribution in [2.75, 3.05) is 6.61 Å². The van der Waals surface area contributed by atoms with Crippen molar-refractivity contribution in [3.63, 3.8) is 0 Å². The maximum absolute atomic E-state index is 11.9. The minimum absolute atomic E-state index is 0.148. The van der Waals surface area contributed by atoms with Crippen molar-refractivity contribution in [3.8, 4) is 16.9 Å². The lowest BCUT2D eigenvalue weighted by molar-refractivity contribution is -0.143. The number of aromatic nitrogens is 3. The summed E-state index contributed by atoms with van der Waals surface area (Å²) < 4.78 is 8.83. The molecule has 3 rings (SSSR count). The van der Waals surface area contributed by atoms with Crippen molar-refractivity contribution in [1.29, 1.82) is 0 Å². The molecule has 27 heavy (non-hydrogen) atoms. The fraction of sp³-hybridized carbons (Fsp3) is 0.350. The highest BCUT2D eigenvalue weighted by atomic mass is 16.5. The van der Waals surface area contributed by atoms with Crippen molar-refractivity contribution in [2.24, 2.45) is 18.4 Å². The van der Waals surface area contributed by atoms with Gasteiger partial charge in [-0.25, -0.2) is 0 Å². The Morgan fingerprint density at radius 2 is 2.15 bits per heavy atom. The second-order valence-electron chi connectivity index (χ2n) is 6.93. The van der Waals surface area contributed by atoms with Crippen LogP contribution in [0.15, 0.2) is 53.8 Å². The Balaban J connectivity index is 1.93. The highest BCUT2D eigenvalue weighted by Crippen LogP contribution is 2.36. The molecule has 7 heteroatoms. The maximum Gasteiger partial charge on any atom is 0.311 e. The first-order valence-electron chi connectivity index (χ1n) is 8.79. The normalized spacial score (nSPS) is 21.4. The number of hydrogen-bond acceptors (Lipinski definition) is 4.